The summed E-state index contributed by atoms with van der Waals surface area (Å²) in [4.78, 5) is 47.9. The molecule has 10 nitrogen and oxygen atoms in total. The van der Waals surface area contributed by atoms with E-state index in [1.165, 1.54) is 18.4 Å². The number of hydrogen-bond donors (Lipinski definition) is 2. The number of benzene rings is 2. The molecule has 2 aliphatic heterocycles. The molecule has 230 valence electrons. The second kappa shape index (κ2) is 14.8. The third-order valence-corrected chi connectivity index (χ3v) is 7.99. The molecular weight excluding hydrogens is 546 g/mol. The number of carbonyl (C=O) groups is 3. The average Bonchev–Trinajstić information content (AvgIpc) is 2.99. The topological polar surface area (TPSA) is 113 Å². The Labute approximate surface area is 254 Å². The summed E-state index contributed by atoms with van der Waals surface area (Å²) in [5, 5.41) is 5.83. The van der Waals surface area contributed by atoms with Crippen LogP contribution in [0, 0.1) is 12.8 Å². The highest BCUT2D eigenvalue weighted by atomic mass is 16.5. The van der Waals surface area contributed by atoms with Gasteiger partial charge in [0.1, 0.15) is 5.92 Å². The number of anilines is 2. The fourth-order valence-electron chi connectivity index (χ4n) is 5.78. The lowest BCUT2D eigenvalue weighted by molar-refractivity contribution is -0.144. The molecule has 1 saturated heterocycles. The van der Waals surface area contributed by atoms with Gasteiger partial charge in [-0.3, -0.25) is 14.7 Å². The van der Waals surface area contributed by atoms with Gasteiger partial charge in [0, 0.05) is 61.4 Å². The highest BCUT2D eigenvalue weighted by Crippen LogP contribution is 2.40. The number of carbonyl (C=O) groups excluding carboxylic acids is 3. The molecule has 43 heavy (non-hydrogen) atoms. The largest absolute Gasteiger partial charge is 0.468 e. The number of aryl methyl sites for hydroxylation is 1. The fourth-order valence-corrected chi connectivity index (χ4v) is 5.78. The van der Waals surface area contributed by atoms with Crippen molar-refractivity contribution in [3.05, 3.63) is 70.9 Å². The fraction of sp³-hybridized carbons (Fsp3) is 0.455. The second-order valence-electron chi connectivity index (χ2n) is 11.0. The molecule has 2 unspecified atom stereocenters. The maximum absolute atomic E-state index is 13.0. The zero-order valence-corrected chi connectivity index (χ0v) is 25.8. The number of methoxy groups -OCH3 is 1. The van der Waals surface area contributed by atoms with Crippen molar-refractivity contribution in [3.8, 4) is 0 Å². The minimum absolute atomic E-state index is 0.194. The van der Waals surface area contributed by atoms with Crippen LogP contribution in [0.3, 0.4) is 0 Å². The summed E-state index contributed by atoms with van der Waals surface area (Å²) < 4.78 is 10.4. The van der Waals surface area contributed by atoms with E-state index >= 15 is 0 Å². The molecule has 0 aliphatic carbocycles. The first-order valence-corrected chi connectivity index (χ1v) is 14.9. The van der Waals surface area contributed by atoms with Gasteiger partial charge in [0.05, 0.1) is 19.3 Å². The monoisotopic (exact) mass is 589 g/mol. The Balaban J connectivity index is 1.32. The van der Waals surface area contributed by atoms with Gasteiger partial charge in [-0.25, -0.2) is 9.59 Å². The highest BCUT2D eigenvalue weighted by molar-refractivity contribution is 6.07. The number of piperazine rings is 1. The van der Waals surface area contributed by atoms with E-state index in [-0.39, 0.29) is 12.6 Å². The van der Waals surface area contributed by atoms with Gasteiger partial charge >= 0.3 is 18.0 Å². The van der Waals surface area contributed by atoms with Gasteiger partial charge in [-0.15, -0.1) is 0 Å². The number of hydrogen-bond acceptors (Lipinski definition) is 8. The van der Waals surface area contributed by atoms with E-state index in [2.05, 4.69) is 56.6 Å². The molecule has 0 bridgehead atoms. The lowest BCUT2D eigenvalue weighted by atomic mass is 9.75. The number of esters is 2. The van der Waals surface area contributed by atoms with E-state index in [0.29, 0.717) is 34.8 Å². The van der Waals surface area contributed by atoms with E-state index in [0.717, 1.165) is 39.1 Å². The Morgan fingerprint density at radius 1 is 1.00 bits per heavy atom. The smallest absolute Gasteiger partial charge is 0.336 e. The Morgan fingerprint density at radius 3 is 2.40 bits per heavy atom. The third-order valence-electron chi connectivity index (χ3n) is 7.99. The van der Waals surface area contributed by atoms with Crippen LogP contribution in [0.4, 0.5) is 16.2 Å². The summed E-state index contributed by atoms with van der Waals surface area (Å²) >= 11 is 0. The molecule has 2 aromatic carbocycles. The number of nitrogens with one attached hydrogen (secondary N) is 2. The number of nitrogens with zero attached hydrogens (tertiary/aromatic N) is 3. The van der Waals surface area contributed by atoms with Crippen LogP contribution in [0.15, 0.2) is 64.8 Å². The number of rotatable bonds is 10. The van der Waals surface area contributed by atoms with Crippen LogP contribution in [0.2, 0.25) is 0 Å². The molecule has 2 atom stereocenters. The number of amides is 2. The van der Waals surface area contributed by atoms with Crippen LogP contribution < -0.4 is 15.5 Å². The number of aliphatic imine (C=N–C) groups is 1. The first kappa shape index (κ1) is 31.7. The molecule has 2 aliphatic rings. The average molecular weight is 590 g/mol. The molecule has 2 aromatic rings. The zero-order valence-electron chi connectivity index (χ0n) is 25.8. The minimum atomic E-state index is -0.795. The summed E-state index contributed by atoms with van der Waals surface area (Å²) in [5.41, 5.74) is 5.11. The zero-order chi connectivity index (χ0) is 30.9. The molecule has 4 rings (SSSR count). The van der Waals surface area contributed by atoms with E-state index in [9.17, 15) is 14.4 Å². The maximum Gasteiger partial charge on any atom is 0.336 e. The van der Waals surface area contributed by atoms with Crippen molar-refractivity contribution >= 4 is 35.1 Å². The van der Waals surface area contributed by atoms with Gasteiger partial charge in [0.15, 0.2) is 0 Å². The maximum atomic E-state index is 13.0. The van der Waals surface area contributed by atoms with E-state index in [1.54, 1.807) is 39.0 Å². The van der Waals surface area contributed by atoms with Crippen molar-refractivity contribution in [2.24, 2.45) is 10.9 Å². The van der Waals surface area contributed by atoms with Crippen LogP contribution in [0.5, 0.6) is 0 Å². The Hall–Kier alpha value is -4.18. The van der Waals surface area contributed by atoms with Crippen molar-refractivity contribution in [3.63, 3.8) is 0 Å². The van der Waals surface area contributed by atoms with Gasteiger partial charge in [-0.05, 0) is 70.5 Å². The molecule has 2 amide bonds. The lowest BCUT2D eigenvalue weighted by Crippen LogP contribution is -2.47. The Bertz CT molecular complexity index is 1360. The molecule has 0 aromatic heterocycles. The predicted molar refractivity (Wildman–Crippen MR) is 169 cm³/mol. The quantitative estimate of drug-likeness (QED) is 0.310. The number of urea groups is 1. The molecule has 0 spiro atoms. The van der Waals surface area contributed by atoms with Crippen molar-refractivity contribution in [1.29, 1.82) is 0 Å². The molecular formula is C33H43N5O5. The van der Waals surface area contributed by atoms with Crippen LogP contribution in [0.25, 0.3) is 0 Å². The SMILES string of the molecule is CCOC(=O)C1=C(C)N=C(C)C(C(=O)OC)C1c1cccc(NC(=O)NCCCN2CCN(c3ccc(C)cc3)CC2)c1. The van der Waals surface area contributed by atoms with E-state index in [1.807, 2.05) is 6.07 Å². The van der Waals surface area contributed by atoms with Gasteiger partial charge in [0.2, 0.25) is 0 Å². The Kier molecular flexibility index (Phi) is 10.9. The first-order valence-electron chi connectivity index (χ1n) is 14.9. The number of allylic oxidation sites excluding steroid dienone is 1. The summed E-state index contributed by atoms with van der Waals surface area (Å²) in [7, 11) is 1.32. The molecule has 1 fully saturated rings. The molecule has 2 N–H and O–H groups in total. The van der Waals surface area contributed by atoms with Crippen molar-refractivity contribution < 1.29 is 23.9 Å². The molecule has 0 radical (unpaired) electrons. The van der Waals surface area contributed by atoms with Crippen molar-refractivity contribution in [1.82, 2.24) is 10.2 Å². The Morgan fingerprint density at radius 2 is 1.72 bits per heavy atom. The molecule has 2 heterocycles. The van der Waals surface area contributed by atoms with E-state index < -0.39 is 23.8 Å². The summed E-state index contributed by atoms with van der Waals surface area (Å²) in [6, 6.07) is 15.5. The van der Waals surface area contributed by atoms with Crippen LogP contribution in [0.1, 0.15) is 44.2 Å². The predicted octanol–water partition coefficient (Wildman–Crippen LogP) is 4.51. The number of ether oxygens (including phenoxy) is 2. The normalized spacial score (nSPS) is 19.0. The van der Waals surface area contributed by atoms with Crippen molar-refractivity contribution in [2.45, 2.75) is 40.0 Å². The first-order chi connectivity index (χ1) is 20.7. The summed E-state index contributed by atoms with van der Waals surface area (Å²) in [5.74, 6) is -2.48. The van der Waals surface area contributed by atoms with Crippen molar-refractivity contribution in [2.75, 3.05) is 63.2 Å². The minimum Gasteiger partial charge on any atom is -0.468 e. The van der Waals surface area contributed by atoms with Crippen LogP contribution in [-0.4, -0.2) is 81.6 Å². The molecule has 10 heteroatoms. The van der Waals surface area contributed by atoms with Gasteiger partial charge in [-0.1, -0.05) is 29.8 Å². The lowest BCUT2D eigenvalue weighted by Gasteiger charge is -2.36. The summed E-state index contributed by atoms with van der Waals surface area (Å²) in [6.07, 6.45) is 0.840. The van der Waals surface area contributed by atoms with Crippen LogP contribution >= 0.6 is 0 Å². The van der Waals surface area contributed by atoms with Crippen LogP contribution in [-0.2, 0) is 19.1 Å². The van der Waals surface area contributed by atoms with E-state index in [4.69, 9.17) is 9.47 Å². The second-order valence-corrected chi connectivity index (χ2v) is 11.0. The summed E-state index contributed by atoms with van der Waals surface area (Å²) in [6.45, 7) is 12.9. The molecule has 0 saturated carbocycles. The standard InChI is InChI=1S/C33H43N5O5/c1-6-43-32(40)29-24(4)35-23(3)28(31(39)42-5)30(29)25-9-7-10-26(21-25)36-33(41)34-15-8-16-37-17-19-38(20-18-37)27-13-11-22(2)12-14-27/h7,9-14,21,28,30H,6,8,15-20H2,1-5H3,(H2,34,36,41). The highest BCUT2D eigenvalue weighted by Gasteiger charge is 2.42. The third kappa shape index (κ3) is 8.01. The van der Waals surface area contributed by atoms with Gasteiger partial charge < -0.3 is 25.0 Å². The van der Waals surface area contributed by atoms with Gasteiger partial charge in [-0.2, -0.15) is 0 Å². The van der Waals surface area contributed by atoms with Gasteiger partial charge in [0.25, 0.3) is 0 Å².